The van der Waals surface area contributed by atoms with Crippen LogP contribution in [-0.4, -0.2) is 51.8 Å². The van der Waals surface area contributed by atoms with E-state index in [4.69, 9.17) is 18.6 Å². The normalized spacial score (nSPS) is 17.8. The van der Waals surface area contributed by atoms with Crippen LogP contribution in [0.3, 0.4) is 0 Å². The molecule has 7 heteroatoms. The molecule has 0 radical (unpaired) electrons. The molecule has 0 aromatic rings. The van der Waals surface area contributed by atoms with Gasteiger partial charge in [0.05, 0.1) is 26.2 Å². The quantitative estimate of drug-likeness (QED) is 0.147. The number of rotatable bonds is 14. The standard InChI is InChI=1S/C24H44O6Si/c1-8-27-22(26)14-13-21(25)15-17-24(28-18-19-29-24)16-11-9-10-12-20(2)30-31(6,7)23(3,4)5/h15,17,20H,8-14,16,18-19H2,1-7H3/b17-15+/t20-/m0/s1. The lowest BCUT2D eigenvalue weighted by atomic mass is 10.0. The van der Waals surface area contributed by atoms with Gasteiger partial charge >= 0.3 is 5.97 Å². The summed E-state index contributed by atoms with van der Waals surface area (Å²) in [4.78, 5) is 23.5. The van der Waals surface area contributed by atoms with Crippen molar-refractivity contribution in [1.82, 2.24) is 0 Å². The largest absolute Gasteiger partial charge is 0.466 e. The maximum Gasteiger partial charge on any atom is 0.306 e. The zero-order valence-electron chi connectivity index (χ0n) is 20.8. The molecule has 0 aliphatic carbocycles. The molecule has 1 fully saturated rings. The summed E-state index contributed by atoms with van der Waals surface area (Å²) >= 11 is 0. The van der Waals surface area contributed by atoms with Gasteiger partial charge in [0, 0.05) is 18.9 Å². The molecule has 0 amide bonds. The number of carbonyl (C=O) groups excluding carboxylic acids is 2. The van der Waals surface area contributed by atoms with Crippen LogP contribution in [0.1, 0.15) is 79.6 Å². The number of ether oxygens (including phenoxy) is 3. The van der Waals surface area contributed by atoms with Crippen molar-refractivity contribution in [3.63, 3.8) is 0 Å². The summed E-state index contributed by atoms with van der Waals surface area (Å²) in [6.07, 6.45) is 8.57. The summed E-state index contributed by atoms with van der Waals surface area (Å²) in [7, 11) is -1.72. The molecule has 6 nitrogen and oxygen atoms in total. The van der Waals surface area contributed by atoms with Gasteiger partial charge < -0.3 is 18.6 Å². The van der Waals surface area contributed by atoms with Crippen molar-refractivity contribution in [3.05, 3.63) is 12.2 Å². The van der Waals surface area contributed by atoms with Crippen LogP contribution in [0.4, 0.5) is 0 Å². The highest BCUT2D eigenvalue weighted by atomic mass is 28.4. The lowest BCUT2D eigenvalue weighted by Crippen LogP contribution is -2.43. The van der Waals surface area contributed by atoms with E-state index < -0.39 is 14.1 Å². The van der Waals surface area contributed by atoms with E-state index in [-0.39, 0.29) is 35.7 Å². The molecule has 1 rings (SSSR count). The van der Waals surface area contributed by atoms with Gasteiger partial charge in [0.25, 0.3) is 0 Å². The minimum Gasteiger partial charge on any atom is -0.466 e. The van der Waals surface area contributed by atoms with Gasteiger partial charge in [-0.3, -0.25) is 9.59 Å². The Balaban J connectivity index is 2.38. The highest BCUT2D eigenvalue weighted by Crippen LogP contribution is 2.37. The zero-order valence-corrected chi connectivity index (χ0v) is 21.8. The molecule has 1 heterocycles. The number of hydrogen-bond acceptors (Lipinski definition) is 6. The molecular weight excluding hydrogens is 412 g/mol. The number of allylic oxidation sites excluding steroid dienone is 1. The molecule has 1 atom stereocenters. The fourth-order valence-electron chi connectivity index (χ4n) is 3.27. The van der Waals surface area contributed by atoms with Crippen LogP contribution in [0.2, 0.25) is 18.1 Å². The van der Waals surface area contributed by atoms with Crippen LogP contribution in [0, 0.1) is 0 Å². The van der Waals surface area contributed by atoms with Crippen molar-refractivity contribution in [2.45, 2.75) is 110 Å². The molecule has 0 aromatic heterocycles. The smallest absolute Gasteiger partial charge is 0.306 e. The zero-order chi connectivity index (χ0) is 23.5. The Morgan fingerprint density at radius 2 is 1.74 bits per heavy atom. The highest BCUT2D eigenvalue weighted by Gasteiger charge is 2.38. The van der Waals surface area contributed by atoms with Gasteiger partial charge in [-0.15, -0.1) is 0 Å². The molecule has 0 aromatic carbocycles. The third kappa shape index (κ3) is 10.4. The molecular formula is C24H44O6Si. The van der Waals surface area contributed by atoms with Crippen LogP contribution in [-0.2, 0) is 28.2 Å². The van der Waals surface area contributed by atoms with E-state index in [0.717, 1.165) is 25.7 Å². The predicted octanol–water partition coefficient (Wildman–Crippen LogP) is 5.56. The lowest BCUT2D eigenvalue weighted by molar-refractivity contribution is -0.144. The highest BCUT2D eigenvalue weighted by molar-refractivity contribution is 6.74. The molecule has 0 unspecified atom stereocenters. The average Bonchev–Trinajstić information content (AvgIpc) is 3.12. The van der Waals surface area contributed by atoms with Crippen LogP contribution < -0.4 is 0 Å². The Hall–Kier alpha value is -1.02. The van der Waals surface area contributed by atoms with Gasteiger partial charge in [-0.1, -0.05) is 33.6 Å². The van der Waals surface area contributed by atoms with Crippen LogP contribution in [0.5, 0.6) is 0 Å². The van der Waals surface area contributed by atoms with E-state index in [9.17, 15) is 9.59 Å². The molecule has 0 saturated carbocycles. The maximum absolute atomic E-state index is 12.1. The number of ketones is 1. The summed E-state index contributed by atoms with van der Waals surface area (Å²) in [6.45, 7) is 16.7. The fraction of sp³-hybridized carbons (Fsp3) is 0.833. The molecule has 1 aliphatic rings. The Morgan fingerprint density at radius 1 is 1.10 bits per heavy atom. The van der Waals surface area contributed by atoms with Crippen LogP contribution >= 0.6 is 0 Å². The van der Waals surface area contributed by atoms with E-state index in [1.54, 1.807) is 13.0 Å². The first-order valence-corrected chi connectivity index (χ1v) is 14.6. The third-order valence-corrected chi connectivity index (χ3v) is 10.7. The second kappa shape index (κ2) is 12.9. The summed E-state index contributed by atoms with van der Waals surface area (Å²) in [6, 6.07) is 0. The van der Waals surface area contributed by atoms with Crippen molar-refractivity contribution in [1.29, 1.82) is 0 Å². The minimum atomic E-state index is -1.72. The minimum absolute atomic E-state index is 0.0981. The first kappa shape index (κ1) is 28.0. The van der Waals surface area contributed by atoms with Crippen molar-refractivity contribution in [3.8, 4) is 0 Å². The van der Waals surface area contributed by atoms with Crippen molar-refractivity contribution in [2.24, 2.45) is 0 Å². The second-order valence-corrected chi connectivity index (χ2v) is 14.7. The van der Waals surface area contributed by atoms with E-state index in [1.165, 1.54) is 6.08 Å². The maximum atomic E-state index is 12.1. The lowest BCUT2D eigenvalue weighted by Gasteiger charge is -2.38. The SMILES string of the molecule is CCOC(=O)CCC(=O)/C=C/C1(CCCCC[C@H](C)O[Si](C)(C)C(C)(C)C)OCCO1. The Labute approximate surface area is 190 Å². The van der Waals surface area contributed by atoms with Gasteiger partial charge in [0.15, 0.2) is 19.9 Å². The average molecular weight is 457 g/mol. The molecule has 180 valence electrons. The van der Waals surface area contributed by atoms with E-state index in [0.29, 0.717) is 26.2 Å². The van der Waals surface area contributed by atoms with Gasteiger partial charge in [-0.2, -0.15) is 0 Å². The molecule has 31 heavy (non-hydrogen) atoms. The Morgan fingerprint density at radius 3 is 2.32 bits per heavy atom. The second-order valence-electron chi connectivity index (χ2n) is 9.90. The van der Waals surface area contributed by atoms with Crippen molar-refractivity contribution in [2.75, 3.05) is 19.8 Å². The van der Waals surface area contributed by atoms with Gasteiger partial charge in [-0.25, -0.2) is 0 Å². The summed E-state index contributed by atoms with van der Waals surface area (Å²) in [5.74, 6) is -1.29. The monoisotopic (exact) mass is 456 g/mol. The van der Waals surface area contributed by atoms with Gasteiger partial charge in [0.2, 0.25) is 0 Å². The Kier molecular flexibility index (Phi) is 11.6. The van der Waals surface area contributed by atoms with Gasteiger partial charge in [-0.05, 0) is 57.0 Å². The van der Waals surface area contributed by atoms with Crippen LogP contribution in [0.15, 0.2) is 12.2 Å². The van der Waals surface area contributed by atoms with E-state index >= 15 is 0 Å². The predicted molar refractivity (Wildman–Crippen MR) is 125 cm³/mol. The summed E-state index contributed by atoms with van der Waals surface area (Å²) in [5, 5.41) is 0.227. The van der Waals surface area contributed by atoms with E-state index in [2.05, 4.69) is 40.8 Å². The number of esters is 1. The third-order valence-electron chi connectivity index (χ3n) is 6.12. The van der Waals surface area contributed by atoms with Crippen molar-refractivity contribution >= 4 is 20.1 Å². The number of hydrogen-bond donors (Lipinski definition) is 0. The van der Waals surface area contributed by atoms with Crippen molar-refractivity contribution < 1.29 is 28.2 Å². The Bertz CT molecular complexity index is 587. The van der Waals surface area contributed by atoms with Gasteiger partial charge in [0.1, 0.15) is 0 Å². The summed E-state index contributed by atoms with van der Waals surface area (Å²) in [5.41, 5.74) is 0. The molecule has 1 saturated heterocycles. The fourth-order valence-corrected chi connectivity index (χ4v) is 4.75. The van der Waals surface area contributed by atoms with E-state index in [1.807, 2.05) is 0 Å². The topological polar surface area (TPSA) is 71.1 Å². The number of carbonyl (C=O) groups is 2. The first-order valence-electron chi connectivity index (χ1n) is 11.7. The summed E-state index contributed by atoms with van der Waals surface area (Å²) < 4.78 is 22.9. The molecule has 1 aliphatic heterocycles. The molecule has 0 spiro atoms. The molecule has 0 N–H and O–H groups in total. The number of unbranched alkanes of at least 4 members (excludes halogenated alkanes) is 2. The van der Waals surface area contributed by atoms with Crippen LogP contribution in [0.25, 0.3) is 0 Å². The molecule has 0 bridgehead atoms. The first-order chi connectivity index (χ1) is 14.4.